The monoisotopic (exact) mass is 298 g/mol. The number of methoxy groups -OCH3 is 2. The molecule has 1 unspecified atom stereocenters. The Bertz CT molecular complexity index is 713. The predicted molar refractivity (Wildman–Crippen MR) is 84.7 cm³/mol. The Hall–Kier alpha value is -2.69. The van der Waals surface area contributed by atoms with Crippen LogP contribution in [0, 0.1) is 0 Å². The second-order valence-electron chi connectivity index (χ2n) is 5.07. The van der Waals surface area contributed by atoms with Crippen molar-refractivity contribution in [2.45, 2.75) is 12.5 Å². The fourth-order valence-corrected chi connectivity index (χ4v) is 2.63. The zero-order chi connectivity index (χ0) is 15.5. The summed E-state index contributed by atoms with van der Waals surface area (Å²) in [5.74, 6) is 1.62. The molecule has 0 aliphatic carbocycles. The maximum Gasteiger partial charge on any atom is 0.128 e. The molecule has 0 fully saturated rings. The van der Waals surface area contributed by atoms with E-state index < -0.39 is 0 Å². The van der Waals surface area contributed by atoms with E-state index >= 15 is 0 Å². The third-order valence-corrected chi connectivity index (χ3v) is 3.78. The van der Waals surface area contributed by atoms with Crippen LogP contribution < -0.4 is 14.9 Å². The van der Waals surface area contributed by atoms with Gasteiger partial charge in [-0.1, -0.05) is 18.2 Å². The zero-order valence-corrected chi connectivity index (χ0v) is 12.5. The Morgan fingerprint density at radius 3 is 2.68 bits per heavy atom. The first-order valence-electron chi connectivity index (χ1n) is 7.05. The number of benzene rings is 2. The maximum absolute atomic E-state index is 10.1. The van der Waals surface area contributed by atoms with E-state index in [4.69, 9.17) is 9.47 Å². The van der Waals surface area contributed by atoms with Crippen LogP contribution in [0.15, 0.2) is 47.6 Å². The van der Waals surface area contributed by atoms with Crippen LogP contribution >= 0.6 is 0 Å². The van der Waals surface area contributed by atoms with Gasteiger partial charge in [-0.05, 0) is 18.2 Å². The molecule has 1 aliphatic heterocycles. The van der Waals surface area contributed by atoms with Gasteiger partial charge in [0.15, 0.2) is 0 Å². The minimum absolute atomic E-state index is 0.0349. The molecule has 1 aliphatic rings. The van der Waals surface area contributed by atoms with Crippen LogP contribution in [0.3, 0.4) is 0 Å². The Morgan fingerprint density at radius 1 is 1.14 bits per heavy atom. The molecule has 1 heterocycles. The fraction of sp³-hybridized carbons (Fsp3) is 0.235. The molecule has 3 rings (SSSR count). The van der Waals surface area contributed by atoms with Gasteiger partial charge in [0.25, 0.3) is 0 Å². The minimum Gasteiger partial charge on any atom is -0.507 e. The molecule has 0 radical (unpaired) electrons. The van der Waals surface area contributed by atoms with E-state index in [1.807, 2.05) is 36.4 Å². The minimum atomic E-state index is 0.0349. The molecule has 5 heteroatoms. The van der Waals surface area contributed by atoms with Crippen molar-refractivity contribution in [3.05, 3.63) is 53.6 Å². The second-order valence-corrected chi connectivity index (χ2v) is 5.07. The molecule has 2 aromatic carbocycles. The molecule has 0 bridgehead atoms. The van der Waals surface area contributed by atoms with Gasteiger partial charge in [-0.15, -0.1) is 0 Å². The third kappa shape index (κ3) is 2.57. The van der Waals surface area contributed by atoms with E-state index in [1.54, 1.807) is 20.3 Å². The van der Waals surface area contributed by atoms with Crippen molar-refractivity contribution in [3.8, 4) is 17.2 Å². The first-order valence-corrected chi connectivity index (χ1v) is 7.05. The maximum atomic E-state index is 10.1. The first kappa shape index (κ1) is 14.3. The summed E-state index contributed by atoms with van der Waals surface area (Å²) >= 11 is 0. The van der Waals surface area contributed by atoms with Crippen LogP contribution in [0.4, 0.5) is 0 Å². The molecule has 1 atom stereocenters. The van der Waals surface area contributed by atoms with Crippen molar-refractivity contribution in [1.82, 2.24) is 5.43 Å². The number of hydrogen-bond acceptors (Lipinski definition) is 5. The van der Waals surface area contributed by atoms with Gasteiger partial charge in [-0.3, -0.25) is 0 Å². The predicted octanol–water partition coefficient (Wildman–Crippen LogP) is 2.85. The van der Waals surface area contributed by atoms with Crippen molar-refractivity contribution in [2.75, 3.05) is 14.2 Å². The standard InChI is InChI=1S/C17H18N2O3/c1-21-11-7-8-12(16(20)9-11)14-10-15(19-18-14)13-5-3-4-6-17(13)22-2/h3-9,15,19-20H,10H2,1-2H3. The lowest BCUT2D eigenvalue weighted by atomic mass is 9.98. The summed E-state index contributed by atoms with van der Waals surface area (Å²) in [5, 5.41) is 14.5. The smallest absolute Gasteiger partial charge is 0.128 e. The number of ether oxygens (including phenoxy) is 2. The lowest BCUT2D eigenvalue weighted by Crippen LogP contribution is -2.11. The highest BCUT2D eigenvalue weighted by atomic mass is 16.5. The van der Waals surface area contributed by atoms with Crippen molar-refractivity contribution in [3.63, 3.8) is 0 Å². The molecule has 2 aromatic rings. The topological polar surface area (TPSA) is 63.1 Å². The van der Waals surface area contributed by atoms with Gasteiger partial charge in [-0.25, -0.2) is 0 Å². The number of nitrogens with zero attached hydrogens (tertiary/aromatic N) is 1. The zero-order valence-electron chi connectivity index (χ0n) is 12.5. The van der Waals surface area contributed by atoms with Crippen molar-refractivity contribution < 1.29 is 14.6 Å². The molecule has 22 heavy (non-hydrogen) atoms. The Labute approximate surface area is 129 Å². The SMILES string of the molecule is COc1ccc(C2=NNC(c3ccccc3OC)C2)c(O)c1. The summed E-state index contributed by atoms with van der Waals surface area (Å²) in [7, 11) is 3.23. The van der Waals surface area contributed by atoms with E-state index in [0.29, 0.717) is 17.7 Å². The van der Waals surface area contributed by atoms with Gasteiger partial charge in [0.1, 0.15) is 17.2 Å². The molecular formula is C17H18N2O3. The van der Waals surface area contributed by atoms with Crippen LogP contribution in [0.2, 0.25) is 0 Å². The average molecular weight is 298 g/mol. The number of hydrazone groups is 1. The Balaban J connectivity index is 1.83. The molecule has 0 spiro atoms. The Morgan fingerprint density at radius 2 is 1.95 bits per heavy atom. The van der Waals surface area contributed by atoms with Crippen molar-refractivity contribution in [2.24, 2.45) is 5.10 Å². The van der Waals surface area contributed by atoms with Gasteiger partial charge in [0.2, 0.25) is 0 Å². The van der Waals surface area contributed by atoms with Crippen LogP contribution in [-0.2, 0) is 0 Å². The molecule has 0 saturated heterocycles. The van der Waals surface area contributed by atoms with Gasteiger partial charge in [-0.2, -0.15) is 5.10 Å². The number of phenolic OH excluding ortho intramolecular Hbond substituents is 1. The number of para-hydroxylation sites is 1. The summed E-state index contributed by atoms with van der Waals surface area (Å²) in [6.45, 7) is 0. The van der Waals surface area contributed by atoms with E-state index in [0.717, 1.165) is 17.0 Å². The molecule has 2 N–H and O–H groups in total. The van der Waals surface area contributed by atoms with Crippen LogP contribution in [0.1, 0.15) is 23.6 Å². The second kappa shape index (κ2) is 5.97. The highest BCUT2D eigenvalue weighted by Crippen LogP contribution is 2.33. The largest absolute Gasteiger partial charge is 0.507 e. The number of hydrogen-bond donors (Lipinski definition) is 2. The quantitative estimate of drug-likeness (QED) is 0.911. The summed E-state index contributed by atoms with van der Waals surface area (Å²) in [4.78, 5) is 0. The number of nitrogens with one attached hydrogen (secondary N) is 1. The fourth-order valence-electron chi connectivity index (χ4n) is 2.63. The highest BCUT2D eigenvalue weighted by molar-refractivity contribution is 6.04. The lowest BCUT2D eigenvalue weighted by Gasteiger charge is -2.14. The third-order valence-electron chi connectivity index (χ3n) is 3.78. The number of rotatable bonds is 4. The van der Waals surface area contributed by atoms with Gasteiger partial charge in [0, 0.05) is 23.6 Å². The van der Waals surface area contributed by atoms with E-state index in [-0.39, 0.29) is 11.8 Å². The molecule has 0 aromatic heterocycles. The highest BCUT2D eigenvalue weighted by Gasteiger charge is 2.25. The summed E-state index contributed by atoms with van der Waals surface area (Å²) in [5.41, 5.74) is 5.70. The van der Waals surface area contributed by atoms with Crippen molar-refractivity contribution >= 4 is 5.71 Å². The molecule has 0 saturated carbocycles. The summed E-state index contributed by atoms with van der Waals surface area (Å²) < 4.78 is 10.5. The van der Waals surface area contributed by atoms with E-state index in [2.05, 4.69) is 10.5 Å². The average Bonchev–Trinajstić information content (AvgIpc) is 3.04. The Kier molecular flexibility index (Phi) is 3.87. The van der Waals surface area contributed by atoms with E-state index in [1.165, 1.54) is 0 Å². The molecule has 114 valence electrons. The van der Waals surface area contributed by atoms with Gasteiger partial charge < -0.3 is 20.0 Å². The summed E-state index contributed by atoms with van der Waals surface area (Å²) in [6.07, 6.45) is 0.681. The van der Waals surface area contributed by atoms with Crippen LogP contribution in [-0.4, -0.2) is 25.0 Å². The van der Waals surface area contributed by atoms with Crippen molar-refractivity contribution in [1.29, 1.82) is 0 Å². The molecule has 0 amide bonds. The van der Waals surface area contributed by atoms with Gasteiger partial charge >= 0.3 is 0 Å². The lowest BCUT2D eigenvalue weighted by molar-refractivity contribution is 0.402. The van der Waals surface area contributed by atoms with Crippen LogP contribution in [0.25, 0.3) is 0 Å². The van der Waals surface area contributed by atoms with Crippen LogP contribution in [0.5, 0.6) is 17.2 Å². The van der Waals surface area contributed by atoms with E-state index in [9.17, 15) is 5.11 Å². The number of phenols is 1. The van der Waals surface area contributed by atoms with Gasteiger partial charge in [0.05, 0.1) is 26.0 Å². The molecular weight excluding hydrogens is 280 g/mol. The summed E-state index contributed by atoms with van der Waals surface area (Å²) in [6, 6.07) is 13.1. The molecule has 5 nitrogen and oxygen atoms in total. The first-order chi connectivity index (χ1) is 10.7. The number of aromatic hydroxyl groups is 1. The normalized spacial score (nSPS) is 16.8.